The molecular formula is C19H26ClN3O6P2. The highest BCUT2D eigenvalue weighted by Crippen LogP contribution is 2.45. The molecule has 31 heavy (non-hydrogen) atoms. The quantitative estimate of drug-likeness (QED) is 0.265. The fourth-order valence-electron chi connectivity index (χ4n) is 3.95. The molecule has 2 heterocycles. The third-order valence-electron chi connectivity index (χ3n) is 5.60. The summed E-state index contributed by atoms with van der Waals surface area (Å²) in [5, 5.41) is 13.8. The first kappa shape index (κ1) is 23.4. The zero-order chi connectivity index (χ0) is 22.0. The molecule has 3 atom stereocenters. The molecule has 9 nitrogen and oxygen atoms in total. The lowest BCUT2D eigenvalue weighted by atomic mass is 9.82. The van der Waals surface area contributed by atoms with Crippen molar-refractivity contribution < 1.29 is 29.0 Å². The van der Waals surface area contributed by atoms with Gasteiger partial charge in [0.05, 0.1) is 36.3 Å². The third-order valence-corrected chi connectivity index (χ3v) is 8.19. The fourth-order valence-corrected chi connectivity index (χ4v) is 5.66. The summed E-state index contributed by atoms with van der Waals surface area (Å²) in [6.45, 7) is 0.948. The molecule has 2 aromatic rings. The molecule has 0 bridgehead atoms. The van der Waals surface area contributed by atoms with Crippen LogP contribution in [-0.2, 0) is 9.26 Å². The smallest absolute Gasteiger partial charge is 0.224 e. The Kier molecular flexibility index (Phi) is 7.91. The van der Waals surface area contributed by atoms with Gasteiger partial charge in [-0.25, -0.2) is 9.97 Å². The first-order chi connectivity index (χ1) is 14.9. The predicted octanol–water partition coefficient (Wildman–Crippen LogP) is 3.26. The number of fused-ring (bicyclic) bond motifs is 1. The zero-order valence-electron chi connectivity index (χ0n) is 16.8. The van der Waals surface area contributed by atoms with E-state index in [-0.39, 0.29) is 36.1 Å². The molecule has 1 saturated carbocycles. The summed E-state index contributed by atoms with van der Waals surface area (Å²) in [6, 6.07) is 5.91. The van der Waals surface area contributed by atoms with E-state index in [1.54, 1.807) is 0 Å². The molecule has 0 spiro atoms. The Morgan fingerprint density at radius 3 is 2.74 bits per heavy atom. The van der Waals surface area contributed by atoms with Crippen molar-refractivity contribution >= 4 is 45.1 Å². The summed E-state index contributed by atoms with van der Waals surface area (Å²) >= 11 is 6.15. The van der Waals surface area contributed by atoms with E-state index >= 15 is 0 Å². The van der Waals surface area contributed by atoms with Crippen molar-refractivity contribution in [2.45, 2.75) is 44.0 Å². The second kappa shape index (κ2) is 10.5. The van der Waals surface area contributed by atoms with Gasteiger partial charge in [-0.15, -0.1) is 0 Å². The number of nitrogens with one attached hydrogen (secondary N) is 1. The Bertz CT molecular complexity index is 904. The minimum atomic E-state index is -2.16. The van der Waals surface area contributed by atoms with E-state index in [1.807, 2.05) is 18.2 Å². The van der Waals surface area contributed by atoms with Crippen LogP contribution in [0, 0.1) is 5.92 Å². The maximum Gasteiger partial charge on any atom is 0.224 e. The maximum atomic E-state index is 9.68. The highest BCUT2D eigenvalue weighted by molar-refractivity contribution is 7.63. The van der Waals surface area contributed by atoms with Crippen molar-refractivity contribution in [2.75, 3.05) is 24.4 Å². The molecule has 1 saturated heterocycles. The molecule has 0 amide bonds. The number of anilines is 1. The fraction of sp³-hybridized carbons (Fsp3) is 0.579. The number of aromatic nitrogens is 2. The van der Waals surface area contributed by atoms with E-state index in [4.69, 9.17) is 30.6 Å². The number of hydrogen-bond donors (Lipinski definition) is 5. The minimum absolute atomic E-state index is 0.114. The van der Waals surface area contributed by atoms with Gasteiger partial charge < -0.3 is 34.4 Å². The van der Waals surface area contributed by atoms with Gasteiger partial charge in [0.15, 0.2) is 16.8 Å². The van der Waals surface area contributed by atoms with E-state index in [0.29, 0.717) is 11.7 Å². The number of nitrogens with zero attached hydrogens (tertiary/aromatic N) is 2. The molecule has 170 valence electrons. The molecule has 1 aromatic carbocycles. The minimum Gasteiger partial charge on any atom is -0.393 e. The van der Waals surface area contributed by atoms with Crippen molar-refractivity contribution in [1.29, 1.82) is 0 Å². The molecule has 5 N–H and O–H groups in total. The number of aliphatic hydroxyl groups excluding tert-OH is 1. The summed E-state index contributed by atoms with van der Waals surface area (Å²) in [7, 11) is -4.01. The van der Waals surface area contributed by atoms with Crippen LogP contribution in [0.3, 0.4) is 0 Å². The van der Waals surface area contributed by atoms with E-state index < -0.39 is 16.8 Å². The Balaban J connectivity index is 1.38. The molecule has 0 radical (unpaired) electrons. The van der Waals surface area contributed by atoms with E-state index in [9.17, 15) is 10.00 Å². The predicted molar refractivity (Wildman–Crippen MR) is 120 cm³/mol. The third kappa shape index (κ3) is 6.20. The van der Waals surface area contributed by atoms with Crippen LogP contribution >= 0.6 is 28.4 Å². The average Bonchev–Trinajstić information content (AvgIpc) is 3.16. The van der Waals surface area contributed by atoms with Crippen LogP contribution in [0.25, 0.3) is 10.9 Å². The van der Waals surface area contributed by atoms with E-state index in [0.717, 1.165) is 48.7 Å². The molecule has 12 heteroatoms. The monoisotopic (exact) mass is 489 g/mol. The first-order valence-corrected chi connectivity index (χ1v) is 13.4. The normalized spacial score (nSPS) is 26.9. The topological polar surface area (TPSA) is 137 Å². The van der Waals surface area contributed by atoms with E-state index in [2.05, 4.69) is 15.3 Å². The number of halogens is 1. The van der Waals surface area contributed by atoms with Crippen molar-refractivity contribution in [1.82, 2.24) is 9.97 Å². The average molecular weight is 490 g/mol. The van der Waals surface area contributed by atoms with Gasteiger partial charge in [0.1, 0.15) is 5.82 Å². The van der Waals surface area contributed by atoms with Crippen molar-refractivity contribution in [3.63, 3.8) is 0 Å². The van der Waals surface area contributed by atoms with Crippen molar-refractivity contribution in [3.05, 3.63) is 29.0 Å². The number of aliphatic hydroxyl groups is 1. The van der Waals surface area contributed by atoms with Gasteiger partial charge in [0.2, 0.25) is 5.28 Å². The molecule has 1 aliphatic heterocycles. The number of ether oxygens (including phenoxy) is 1. The van der Waals surface area contributed by atoms with Crippen LogP contribution in [0.15, 0.2) is 18.2 Å². The van der Waals surface area contributed by atoms with Crippen LogP contribution in [0.2, 0.25) is 5.28 Å². The highest BCUT2D eigenvalue weighted by atomic mass is 35.5. The molecule has 2 fully saturated rings. The van der Waals surface area contributed by atoms with Gasteiger partial charge in [-0.2, -0.15) is 0 Å². The van der Waals surface area contributed by atoms with E-state index in [1.165, 1.54) is 0 Å². The van der Waals surface area contributed by atoms with Crippen molar-refractivity contribution in [2.24, 2.45) is 5.92 Å². The maximum absolute atomic E-state index is 9.68. The molecular weight excluding hydrogens is 464 g/mol. The van der Waals surface area contributed by atoms with Crippen LogP contribution in [-0.4, -0.2) is 61.0 Å². The second-order valence-electron chi connectivity index (χ2n) is 7.98. The van der Waals surface area contributed by atoms with Crippen LogP contribution in [0.4, 0.5) is 5.82 Å². The standard InChI is InChI=1S/C19H26ClN3O6P2/c20-19-22-16-7-12(17-4-2-14(29-17)9-28-31(27)10-30(25)26)1-3-15(16)18(23-19)21-8-11-5-13(24)6-11/h1,3,7,11,13-14,17,24-27H,2,4-6,8-10H2,(H,21,22,23)/t11?,13?,14-,17?,31?/m0/s1. The molecule has 1 aliphatic carbocycles. The van der Waals surface area contributed by atoms with Gasteiger partial charge in [-0.05, 0) is 60.9 Å². The summed E-state index contributed by atoms with van der Waals surface area (Å²) in [6.07, 6.45) is 2.73. The van der Waals surface area contributed by atoms with Gasteiger partial charge in [0, 0.05) is 11.9 Å². The largest absolute Gasteiger partial charge is 0.393 e. The van der Waals surface area contributed by atoms with Crippen molar-refractivity contribution in [3.8, 4) is 0 Å². The second-order valence-corrected chi connectivity index (χ2v) is 11.2. The lowest BCUT2D eigenvalue weighted by molar-refractivity contribution is 0.0178. The van der Waals surface area contributed by atoms with Crippen LogP contribution < -0.4 is 5.32 Å². The summed E-state index contributed by atoms with van der Waals surface area (Å²) in [5.74, 6) is 0.986. The summed E-state index contributed by atoms with van der Waals surface area (Å²) < 4.78 is 11.4. The Morgan fingerprint density at radius 2 is 2.00 bits per heavy atom. The van der Waals surface area contributed by atoms with Gasteiger partial charge in [0.25, 0.3) is 0 Å². The molecule has 1 aromatic heterocycles. The Hall–Kier alpha value is -0.730. The molecule has 4 rings (SSSR count). The number of rotatable bonds is 9. The number of hydrogen-bond acceptors (Lipinski definition) is 9. The van der Waals surface area contributed by atoms with Crippen LogP contribution in [0.5, 0.6) is 0 Å². The lowest BCUT2D eigenvalue weighted by Gasteiger charge is -2.31. The summed E-state index contributed by atoms with van der Waals surface area (Å²) in [4.78, 5) is 36.3. The number of benzene rings is 1. The zero-order valence-corrected chi connectivity index (χ0v) is 19.3. The van der Waals surface area contributed by atoms with Gasteiger partial charge in [-0.1, -0.05) is 6.07 Å². The Labute approximate surface area is 187 Å². The Morgan fingerprint density at radius 1 is 1.19 bits per heavy atom. The molecule has 2 aliphatic rings. The van der Waals surface area contributed by atoms with Crippen LogP contribution in [0.1, 0.15) is 37.4 Å². The summed E-state index contributed by atoms with van der Waals surface area (Å²) in [5.41, 5.74) is 1.72. The van der Waals surface area contributed by atoms with Gasteiger partial charge in [-0.3, -0.25) is 0 Å². The van der Waals surface area contributed by atoms with Gasteiger partial charge >= 0.3 is 0 Å². The lowest BCUT2D eigenvalue weighted by Crippen LogP contribution is -2.33. The molecule has 2 unspecified atom stereocenters. The first-order valence-electron chi connectivity index (χ1n) is 10.2. The highest BCUT2D eigenvalue weighted by Gasteiger charge is 2.29. The SMILES string of the molecule is OC1CC(CNc2nc(Cl)nc3cc(C4CC[C@@H](COP(O)CP(O)O)O4)ccc23)C1.